The molecule has 20 heavy (non-hydrogen) atoms. The van der Waals surface area contributed by atoms with Crippen LogP contribution in [0, 0.1) is 0 Å². The molecule has 0 bridgehead atoms. The standard InChI is InChI=1S/C12H15N5O2S/c1-7(13-2)8-4-5-14-9(6-8)20-12-15-10(18)11(19)16-17(12)3/h4-7,13H,1-3H3,(H,16,19). The van der Waals surface area contributed by atoms with Gasteiger partial charge in [-0.15, -0.1) is 0 Å². The van der Waals surface area contributed by atoms with Crippen LogP contribution in [-0.2, 0) is 7.05 Å². The van der Waals surface area contributed by atoms with Gasteiger partial charge in [-0.3, -0.25) is 19.4 Å². The van der Waals surface area contributed by atoms with Crippen LogP contribution >= 0.6 is 11.8 Å². The maximum atomic E-state index is 11.3. The average molecular weight is 293 g/mol. The van der Waals surface area contributed by atoms with E-state index in [4.69, 9.17) is 0 Å². The Bertz CT molecular complexity index is 724. The Morgan fingerprint density at radius 1 is 1.45 bits per heavy atom. The van der Waals surface area contributed by atoms with Gasteiger partial charge in [0.05, 0.1) is 0 Å². The van der Waals surface area contributed by atoms with Gasteiger partial charge >= 0.3 is 11.1 Å². The Labute approximate surface area is 119 Å². The Kier molecular flexibility index (Phi) is 4.35. The fourth-order valence-corrected chi connectivity index (χ4v) is 2.37. The van der Waals surface area contributed by atoms with E-state index in [1.54, 1.807) is 13.2 Å². The highest BCUT2D eigenvalue weighted by molar-refractivity contribution is 7.99. The first kappa shape index (κ1) is 14.5. The van der Waals surface area contributed by atoms with Gasteiger partial charge in [0.25, 0.3) is 0 Å². The second-order valence-corrected chi connectivity index (χ2v) is 5.23. The summed E-state index contributed by atoms with van der Waals surface area (Å²) < 4.78 is 1.41. The molecule has 0 fully saturated rings. The van der Waals surface area contributed by atoms with Crippen molar-refractivity contribution in [2.75, 3.05) is 7.05 Å². The molecule has 1 unspecified atom stereocenters. The number of hydrogen-bond donors (Lipinski definition) is 2. The number of rotatable bonds is 4. The summed E-state index contributed by atoms with van der Waals surface area (Å²) in [6.45, 7) is 2.04. The summed E-state index contributed by atoms with van der Waals surface area (Å²) in [5.41, 5.74) is -0.452. The number of pyridine rings is 1. The van der Waals surface area contributed by atoms with Gasteiger partial charge in [0, 0.05) is 19.3 Å². The van der Waals surface area contributed by atoms with E-state index in [2.05, 4.69) is 20.4 Å². The van der Waals surface area contributed by atoms with E-state index in [-0.39, 0.29) is 6.04 Å². The number of nitrogens with zero attached hydrogens (tertiary/aromatic N) is 3. The minimum absolute atomic E-state index is 0.199. The zero-order chi connectivity index (χ0) is 14.7. The minimum Gasteiger partial charge on any atom is -0.313 e. The molecule has 0 aliphatic heterocycles. The third-order valence-corrected chi connectivity index (χ3v) is 3.82. The molecule has 106 valence electrons. The molecule has 0 aliphatic carbocycles. The predicted octanol–water partition coefficient (Wildman–Crippen LogP) is 0.295. The SMILES string of the molecule is CNC(C)c1ccnc(Sc2nc(=O)c(=O)[nH]n2C)c1. The molecule has 0 aromatic carbocycles. The van der Waals surface area contributed by atoms with E-state index < -0.39 is 11.1 Å². The van der Waals surface area contributed by atoms with Crippen molar-refractivity contribution >= 4 is 11.8 Å². The van der Waals surface area contributed by atoms with Crippen molar-refractivity contribution in [1.29, 1.82) is 0 Å². The summed E-state index contributed by atoms with van der Waals surface area (Å²) in [6, 6.07) is 4.04. The summed E-state index contributed by atoms with van der Waals surface area (Å²) in [5.74, 6) is 0. The molecule has 0 saturated heterocycles. The third-order valence-electron chi connectivity index (χ3n) is 2.84. The number of aromatic amines is 1. The lowest BCUT2D eigenvalue weighted by Gasteiger charge is -2.11. The van der Waals surface area contributed by atoms with E-state index in [0.29, 0.717) is 10.2 Å². The molecular formula is C12H15N5O2S. The lowest BCUT2D eigenvalue weighted by atomic mass is 10.1. The molecule has 8 heteroatoms. The summed E-state index contributed by atoms with van der Waals surface area (Å²) in [6.07, 6.45) is 1.70. The molecule has 2 N–H and O–H groups in total. The lowest BCUT2D eigenvalue weighted by Crippen LogP contribution is -2.33. The quantitative estimate of drug-likeness (QED) is 0.787. The van der Waals surface area contributed by atoms with Crippen molar-refractivity contribution < 1.29 is 0 Å². The Morgan fingerprint density at radius 3 is 2.90 bits per heavy atom. The summed E-state index contributed by atoms with van der Waals surface area (Å²) in [5, 5.41) is 6.64. The first-order valence-electron chi connectivity index (χ1n) is 5.99. The van der Waals surface area contributed by atoms with Crippen LogP contribution in [-0.4, -0.2) is 26.8 Å². The summed E-state index contributed by atoms with van der Waals surface area (Å²) in [7, 11) is 3.50. The first-order valence-corrected chi connectivity index (χ1v) is 6.81. The van der Waals surface area contributed by atoms with Gasteiger partial charge in [0.15, 0.2) is 5.16 Å². The number of aryl methyl sites for hydroxylation is 1. The molecular weight excluding hydrogens is 278 g/mol. The van der Waals surface area contributed by atoms with Crippen LogP contribution in [0.3, 0.4) is 0 Å². The zero-order valence-electron chi connectivity index (χ0n) is 11.4. The molecule has 2 aromatic heterocycles. The Balaban J connectivity index is 2.33. The Hall–Kier alpha value is -1.93. The number of nitrogens with one attached hydrogen (secondary N) is 2. The van der Waals surface area contributed by atoms with Crippen LogP contribution in [0.25, 0.3) is 0 Å². The molecule has 7 nitrogen and oxygen atoms in total. The summed E-state index contributed by atoms with van der Waals surface area (Å²) >= 11 is 1.22. The van der Waals surface area contributed by atoms with Crippen molar-refractivity contribution in [3.05, 3.63) is 44.6 Å². The van der Waals surface area contributed by atoms with Gasteiger partial charge in [-0.1, -0.05) is 0 Å². The van der Waals surface area contributed by atoms with Crippen LogP contribution in [0.1, 0.15) is 18.5 Å². The van der Waals surface area contributed by atoms with Crippen LogP contribution in [0.5, 0.6) is 0 Å². The second kappa shape index (κ2) is 6.02. The van der Waals surface area contributed by atoms with Crippen LogP contribution < -0.4 is 16.4 Å². The van der Waals surface area contributed by atoms with Gasteiger partial charge in [-0.25, -0.2) is 4.98 Å². The molecule has 2 heterocycles. The van der Waals surface area contributed by atoms with Gasteiger partial charge < -0.3 is 5.32 Å². The van der Waals surface area contributed by atoms with Crippen molar-refractivity contribution in [2.45, 2.75) is 23.1 Å². The van der Waals surface area contributed by atoms with Crippen LogP contribution in [0.2, 0.25) is 0 Å². The maximum absolute atomic E-state index is 11.3. The van der Waals surface area contributed by atoms with E-state index in [9.17, 15) is 9.59 Å². The predicted molar refractivity (Wildman–Crippen MR) is 75.9 cm³/mol. The number of aromatic nitrogens is 4. The maximum Gasteiger partial charge on any atom is 0.339 e. The molecule has 0 saturated carbocycles. The molecule has 2 rings (SSSR count). The van der Waals surface area contributed by atoms with E-state index >= 15 is 0 Å². The average Bonchev–Trinajstić information content (AvgIpc) is 2.44. The van der Waals surface area contributed by atoms with Crippen molar-refractivity contribution in [3.8, 4) is 0 Å². The van der Waals surface area contributed by atoms with E-state index in [0.717, 1.165) is 5.56 Å². The molecule has 2 aromatic rings. The smallest absolute Gasteiger partial charge is 0.313 e. The molecule has 0 spiro atoms. The van der Waals surface area contributed by atoms with Gasteiger partial charge in [-0.05, 0) is 43.4 Å². The number of hydrogen-bond acceptors (Lipinski definition) is 6. The minimum atomic E-state index is -0.801. The zero-order valence-corrected chi connectivity index (χ0v) is 12.2. The third kappa shape index (κ3) is 3.14. The summed E-state index contributed by atoms with van der Waals surface area (Å²) in [4.78, 5) is 30.4. The van der Waals surface area contributed by atoms with Gasteiger partial charge in [0.1, 0.15) is 5.03 Å². The van der Waals surface area contributed by atoms with Crippen molar-refractivity contribution in [3.63, 3.8) is 0 Å². The van der Waals surface area contributed by atoms with E-state index in [1.807, 2.05) is 26.1 Å². The molecule has 0 aliphatic rings. The Morgan fingerprint density at radius 2 is 2.20 bits per heavy atom. The fourth-order valence-electron chi connectivity index (χ4n) is 1.56. The molecule has 1 atom stereocenters. The normalized spacial score (nSPS) is 12.3. The topological polar surface area (TPSA) is 92.7 Å². The highest BCUT2D eigenvalue weighted by atomic mass is 32.2. The first-order chi connectivity index (χ1) is 9.51. The van der Waals surface area contributed by atoms with Gasteiger partial charge in [0.2, 0.25) is 0 Å². The van der Waals surface area contributed by atoms with Crippen LogP contribution in [0.4, 0.5) is 0 Å². The van der Waals surface area contributed by atoms with Crippen LogP contribution in [0.15, 0.2) is 38.1 Å². The lowest BCUT2D eigenvalue weighted by molar-refractivity contribution is 0.596. The van der Waals surface area contributed by atoms with Crippen molar-refractivity contribution in [1.82, 2.24) is 25.1 Å². The largest absolute Gasteiger partial charge is 0.339 e. The van der Waals surface area contributed by atoms with Gasteiger partial charge in [-0.2, -0.15) is 4.98 Å². The highest BCUT2D eigenvalue weighted by Crippen LogP contribution is 2.24. The fraction of sp³-hybridized carbons (Fsp3) is 0.333. The monoisotopic (exact) mass is 293 g/mol. The molecule has 0 radical (unpaired) electrons. The molecule has 0 amide bonds. The highest BCUT2D eigenvalue weighted by Gasteiger charge is 2.09. The second-order valence-electron chi connectivity index (χ2n) is 4.24. The van der Waals surface area contributed by atoms with Crippen molar-refractivity contribution in [2.24, 2.45) is 7.05 Å². The van der Waals surface area contributed by atoms with E-state index in [1.165, 1.54) is 16.4 Å². The number of H-pyrrole nitrogens is 1.